The van der Waals surface area contributed by atoms with Gasteiger partial charge in [0.15, 0.2) is 0 Å². The molecule has 0 aromatic carbocycles. The fourth-order valence-electron chi connectivity index (χ4n) is 6.49. The van der Waals surface area contributed by atoms with Crippen molar-refractivity contribution >= 4 is 10.0 Å². The molecule has 1 heterocycles. The molecular weight excluding hydrogens is 320 g/mol. The molecule has 4 fully saturated rings. The Bertz CT molecular complexity index is 712. The molecule has 0 radical (unpaired) electrons. The first-order chi connectivity index (χ1) is 11.3. The minimum absolute atomic E-state index is 0.200. The van der Waals surface area contributed by atoms with E-state index in [1.165, 1.54) is 48.2 Å². The Balaban J connectivity index is 1.75. The molecule has 0 saturated heterocycles. The van der Waals surface area contributed by atoms with Crippen LogP contribution in [-0.4, -0.2) is 23.4 Å². The Morgan fingerprint density at radius 3 is 2.12 bits per heavy atom. The molecule has 5 heteroatoms. The number of nitrogens with zero attached hydrogens (tertiary/aromatic N) is 2. The molecule has 134 valence electrons. The standard InChI is InChI=1S/C19H30N2O2S/c1-4-5-6-24(22,23)21-14(3)18(13(2)20-21)19-10-15-7-16(11-19)9-17(8-15)12-19/h15-17H,4-12H2,1-3H3. The summed E-state index contributed by atoms with van der Waals surface area (Å²) in [7, 11) is -3.32. The van der Waals surface area contributed by atoms with Gasteiger partial charge in [-0.3, -0.25) is 0 Å². The topological polar surface area (TPSA) is 52.0 Å². The van der Waals surface area contributed by atoms with Crippen molar-refractivity contribution in [1.82, 2.24) is 9.19 Å². The first-order valence-corrected chi connectivity index (χ1v) is 11.3. The number of hydrogen-bond donors (Lipinski definition) is 0. The molecular formula is C19H30N2O2S. The van der Waals surface area contributed by atoms with Crippen LogP contribution in [0.15, 0.2) is 0 Å². The third kappa shape index (κ3) is 2.46. The van der Waals surface area contributed by atoms with Crippen molar-refractivity contribution in [1.29, 1.82) is 0 Å². The fraction of sp³-hybridized carbons (Fsp3) is 0.842. The summed E-state index contributed by atoms with van der Waals surface area (Å²) in [6.07, 6.45) is 9.55. The molecule has 1 aromatic rings. The van der Waals surface area contributed by atoms with Crippen LogP contribution in [0.3, 0.4) is 0 Å². The van der Waals surface area contributed by atoms with Crippen molar-refractivity contribution in [3.8, 4) is 0 Å². The van der Waals surface area contributed by atoms with Crippen LogP contribution in [0.2, 0.25) is 0 Å². The molecule has 0 spiro atoms. The number of unbranched alkanes of at least 4 members (excludes halogenated alkanes) is 1. The lowest BCUT2D eigenvalue weighted by molar-refractivity contribution is -0.00574. The SMILES string of the molecule is CCCCS(=O)(=O)n1nc(C)c(C23CC4CC(CC(C4)C2)C3)c1C. The third-order valence-electron chi connectivity index (χ3n) is 6.84. The van der Waals surface area contributed by atoms with Gasteiger partial charge in [-0.25, -0.2) is 8.42 Å². The molecule has 0 unspecified atom stereocenters. The van der Waals surface area contributed by atoms with Crippen molar-refractivity contribution in [3.05, 3.63) is 17.0 Å². The van der Waals surface area contributed by atoms with Crippen LogP contribution >= 0.6 is 0 Å². The Hall–Kier alpha value is -0.840. The van der Waals surface area contributed by atoms with Crippen molar-refractivity contribution in [2.75, 3.05) is 5.75 Å². The van der Waals surface area contributed by atoms with Crippen LogP contribution < -0.4 is 0 Å². The van der Waals surface area contributed by atoms with E-state index in [2.05, 4.69) is 5.10 Å². The molecule has 4 nitrogen and oxygen atoms in total. The maximum absolute atomic E-state index is 12.7. The van der Waals surface area contributed by atoms with E-state index in [0.29, 0.717) is 6.42 Å². The van der Waals surface area contributed by atoms with Crippen LogP contribution in [0, 0.1) is 31.6 Å². The van der Waals surface area contributed by atoms with E-state index >= 15 is 0 Å². The van der Waals surface area contributed by atoms with Gasteiger partial charge in [0.2, 0.25) is 0 Å². The van der Waals surface area contributed by atoms with Gasteiger partial charge in [-0.05, 0) is 82.0 Å². The van der Waals surface area contributed by atoms with Gasteiger partial charge in [-0.15, -0.1) is 0 Å². The summed E-state index contributed by atoms with van der Waals surface area (Å²) in [6.45, 7) is 6.03. The zero-order valence-electron chi connectivity index (χ0n) is 15.2. The minimum Gasteiger partial charge on any atom is -0.205 e. The van der Waals surface area contributed by atoms with Gasteiger partial charge >= 0.3 is 0 Å². The number of aryl methyl sites for hydroxylation is 1. The summed E-state index contributed by atoms with van der Waals surface area (Å²) in [5, 5.41) is 4.52. The summed E-state index contributed by atoms with van der Waals surface area (Å²) < 4.78 is 26.8. The molecule has 4 aliphatic carbocycles. The Morgan fingerprint density at radius 2 is 1.62 bits per heavy atom. The molecule has 4 bridgehead atoms. The van der Waals surface area contributed by atoms with Crippen LogP contribution in [0.5, 0.6) is 0 Å². The van der Waals surface area contributed by atoms with E-state index in [9.17, 15) is 8.42 Å². The molecule has 5 rings (SSSR count). The van der Waals surface area contributed by atoms with Crippen LogP contribution in [-0.2, 0) is 15.4 Å². The third-order valence-corrected chi connectivity index (χ3v) is 8.53. The predicted molar refractivity (Wildman–Crippen MR) is 95.6 cm³/mol. The summed E-state index contributed by atoms with van der Waals surface area (Å²) in [5.41, 5.74) is 3.34. The monoisotopic (exact) mass is 350 g/mol. The lowest BCUT2D eigenvalue weighted by Crippen LogP contribution is -2.49. The van der Waals surface area contributed by atoms with Gasteiger partial charge in [0, 0.05) is 5.56 Å². The highest BCUT2D eigenvalue weighted by molar-refractivity contribution is 7.89. The van der Waals surface area contributed by atoms with E-state index in [0.717, 1.165) is 35.6 Å². The van der Waals surface area contributed by atoms with Crippen molar-refractivity contribution in [3.63, 3.8) is 0 Å². The molecule has 0 N–H and O–H groups in total. The predicted octanol–water partition coefficient (Wildman–Crippen LogP) is 3.95. The highest BCUT2D eigenvalue weighted by atomic mass is 32.2. The first-order valence-electron chi connectivity index (χ1n) is 9.64. The van der Waals surface area contributed by atoms with Crippen molar-refractivity contribution < 1.29 is 8.42 Å². The Labute approximate surface area is 146 Å². The Kier molecular flexibility index (Phi) is 3.87. The van der Waals surface area contributed by atoms with Gasteiger partial charge in [0.25, 0.3) is 10.0 Å². The second-order valence-corrected chi connectivity index (χ2v) is 10.7. The molecule has 24 heavy (non-hydrogen) atoms. The molecule has 1 aromatic heterocycles. The molecule has 4 aliphatic rings. The zero-order valence-corrected chi connectivity index (χ0v) is 16.0. The number of rotatable bonds is 5. The zero-order chi connectivity index (χ0) is 17.1. The van der Waals surface area contributed by atoms with Gasteiger partial charge in [-0.1, -0.05) is 13.3 Å². The van der Waals surface area contributed by atoms with E-state index in [4.69, 9.17) is 0 Å². The lowest BCUT2D eigenvalue weighted by atomic mass is 9.48. The lowest BCUT2D eigenvalue weighted by Gasteiger charge is -2.57. The molecule has 0 atom stereocenters. The number of aromatic nitrogens is 2. The maximum Gasteiger partial charge on any atom is 0.254 e. The summed E-state index contributed by atoms with van der Waals surface area (Å²) >= 11 is 0. The van der Waals surface area contributed by atoms with Gasteiger partial charge in [0.1, 0.15) is 0 Å². The second-order valence-electron chi connectivity index (χ2n) is 8.76. The van der Waals surface area contributed by atoms with Gasteiger partial charge in [0.05, 0.1) is 17.1 Å². The second kappa shape index (κ2) is 5.58. The fourth-order valence-corrected chi connectivity index (χ4v) is 8.07. The quantitative estimate of drug-likeness (QED) is 0.808. The molecule has 4 saturated carbocycles. The summed E-state index contributed by atoms with van der Waals surface area (Å²) in [5.74, 6) is 2.77. The first kappa shape index (κ1) is 16.6. The highest BCUT2D eigenvalue weighted by Gasteiger charge is 2.53. The van der Waals surface area contributed by atoms with E-state index in [-0.39, 0.29) is 11.2 Å². The van der Waals surface area contributed by atoms with Crippen LogP contribution in [0.25, 0.3) is 0 Å². The van der Waals surface area contributed by atoms with Gasteiger partial charge < -0.3 is 0 Å². The normalized spacial score (nSPS) is 34.9. The van der Waals surface area contributed by atoms with Crippen molar-refractivity contribution in [2.24, 2.45) is 17.8 Å². The molecule has 0 amide bonds. The van der Waals surface area contributed by atoms with Crippen molar-refractivity contribution in [2.45, 2.75) is 77.6 Å². The minimum atomic E-state index is -3.32. The average Bonchev–Trinajstić information content (AvgIpc) is 2.80. The smallest absolute Gasteiger partial charge is 0.205 e. The average molecular weight is 351 g/mol. The summed E-state index contributed by atoms with van der Waals surface area (Å²) in [4.78, 5) is 0. The van der Waals surface area contributed by atoms with E-state index in [1.807, 2.05) is 20.8 Å². The summed E-state index contributed by atoms with van der Waals surface area (Å²) in [6, 6.07) is 0. The van der Waals surface area contributed by atoms with Gasteiger partial charge in [-0.2, -0.15) is 9.19 Å². The highest BCUT2D eigenvalue weighted by Crippen LogP contribution is 2.61. The van der Waals surface area contributed by atoms with Crippen LogP contribution in [0.1, 0.15) is 75.2 Å². The molecule has 0 aliphatic heterocycles. The maximum atomic E-state index is 12.7. The number of hydrogen-bond acceptors (Lipinski definition) is 3. The van der Waals surface area contributed by atoms with E-state index in [1.54, 1.807) is 0 Å². The van der Waals surface area contributed by atoms with E-state index < -0.39 is 10.0 Å². The van der Waals surface area contributed by atoms with Crippen LogP contribution in [0.4, 0.5) is 0 Å². The Morgan fingerprint density at radius 1 is 1.08 bits per heavy atom. The largest absolute Gasteiger partial charge is 0.254 e.